The van der Waals surface area contributed by atoms with Crippen LogP contribution < -0.4 is 10.5 Å². The van der Waals surface area contributed by atoms with Gasteiger partial charge in [0.15, 0.2) is 0 Å². The number of nitrogens with two attached hydrogens (primary N) is 1. The molecule has 1 aromatic rings. The van der Waals surface area contributed by atoms with E-state index in [4.69, 9.17) is 15.6 Å². The molecule has 0 spiro atoms. The van der Waals surface area contributed by atoms with Gasteiger partial charge in [-0.2, -0.15) is 0 Å². The summed E-state index contributed by atoms with van der Waals surface area (Å²) in [6, 6.07) is 7.30. The molecule has 94 valence electrons. The van der Waals surface area contributed by atoms with Crippen LogP contribution in [0.4, 0.5) is 0 Å². The number of ether oxygens (including phenoxy) is 1. The summed E-state index contributed by atoms with van der Waals surface area (Å²) in [7, 11) is 0. The molecule has 0 amide bonds. The average molecular weight is 235 g/mol. The fraction of sp³-hybridized carbons (Fsp3) is 0.429. The minimum atomic E-state index is -0.413. The van der Waals surface area contributed by atoms with Gasteiger partial charge in [0.25, 0.3) is 0 Å². The number of aliphatic hydroxyl groups is 1. The fourth-order valence-corrected chi connectivity index (χ4v) is 1.42. The maximum Gasteiger partial charge on any atom is 0.120 e. The Kier molecular flexibility index (Phi) is 4.18. The average Bonchev–Trinajstić information content (AvgIpc) is 2.18. The quantitative estimate of drug-likeness (QED) is 0.789. The first-order valence-electron chi connectivity index (χ1n) is 5.69. The van der Waals surface area contributed by atoms with Crippen molar-refractivity contribution in [2.75, 3.05) is 0 Å². The molecular weight excluding hydrogens is 214 g/mol. The van der Waals surface area contributed by atoms with E-state index < -0.39 is 6.04 Å². The van der Waals surface area contributed by atoms with E-state index in [1.807, 2.05) is 45.0 Å². The molecule has 0 aliphatic heterocycles. The first kappa shape index (κ1) is 13.6. The van der Waals surface area contributed by atoms with Crippen molar-refractivity contribution in [2.45, 2.75) is 38.8 Å². The van der Waals surface area contributed by atoms with Crippen LogP contribution in [0.25, 0.3) is 0 Å². The van der Waals surface area contributed by atoms with E-state index in [1.54, 1.807) is 0 Å². The van der Waals surface area contributed by atoms with E-state index in [9.17, 15) is 0 Å². The van der Waals surface area contributed by atoms with Gasteiger partial charge in [-0.25, -0.2) is 0 Å². The minimum absolute atomic E-state index is 0.0139. The first-order chi connectivity index (χ1) is 7.78. The topological polar surface area (TPSA) is 55.5 Å². The number of rotatable bonds is 4. The summed E-state index contributed by atoms with van der Waals surface area (Å²) in [4.78, 5) is 0. The lowest BCUT2D eigenvalue weighted by Gasteiger charge is -2.21. The van der Waals surface area contributed by atoms with Gasteiger partial charge in [-0.15, -0.1) is 0 Å². The lowest BCUT2D eigenvalue weighted by Crippen LogP contribution is -2.25. The lowest BCUT2D eigenvalue weighted by molar-refractivity contribution is 0.131. The summed E-state index contributed by atoms with van der Waals surface area (Å²) in [5.41, 5.74) is 6.56. The van der Waals surface area contributed by atoms with Crippen molar-refractivity contribution in [3.8, 4) is 5.75 Å². The van der Waals surface area contributed by atoms with Gasteiger partial charge in [-0.3, -0.25) is 0 Å². The van der Waals surface area contributed by atoms with E-state index >= 15 is 0 Å². The molecule has 0 heterocycles. The number of hydrogen-bond donors (Lipinski definition) is 2. The van der Waals surface area contributed by atoms with Crippen LogP contribution in [0.5, 0.6) is 5.75 Å². The second kappa shape index (κ2) is 5.23. The van der Waals surface area contributed by atoms with Crippen LogP contribution in [0.2, 0.25) is 0 Å². The van der Waals surface area contributed by atoms with Crippen molar-refractivity contribution in [1.29, 1.82) is 0 Å². The van der Waals surface area contributed by atoms with Gasteiger partial charge in [0.1, 0.15) is 17.1 Å². The number of benzene rings is 1. The third-order valence-electron chi connectivity index (χ3n) is 2.23. The van der Waals surface area contributed by atoms with Gasteiger partial charge in [-0.05, 0) is 44.9 Å². The minimum Gasteiger partial charge on any atom is -0.511 e. The van der Waals surface area contributed by atoms with Gasteiger partial charge < -0.3 is 15.6 Å². The predicted octanol–water partition coefficient (Wildman–Crippen LogP) is 2.81. The molecule has 0 aliphatic rings. The van der Waals surface area contributed by atoms with Gasteiger partial charge >= 0.3 is 0 Å². The zero-order valence-corrected chi connectivity index (χ0v) is 10.7. The smallest absolute Gasteiger partial charge is 0.120 e. The maximum absolute atomic E-state index is 9.15. The molecule has 0 bridgehead atoms. The van der Waals surface area contributed by atoms with Crippen LogP contribution >= 0.6 is 0 Å². The molecule has 1 atom stereocenters. The molecule has 3 N–H and O–H groups in total. The Morgan fingerprint density at radius 1 is 1.35 bits per heavy atom. The number of hydrogen-bond acceptors (Lipinski definition) is 3. The molecule has 0 aliphatic carbocycles. The SMILES string of the molecule is C=C(O)[C@@H](N)Cc1ccc(OC(C)(C)C)cc1. The highest BCUT2D eigenvalue weighted by Crippen LogP contribution is 2.19. The second-order valence-electron chi connectivity index (χ2n) is 5.16. The Bertz CT molecular complexity index is 376. The van der Waals surface area contributed by atoms with Crippen molar-refractivity contribution in [3.63, 3.8) is 0 Å². The molecular formula is C14H21NO2. The Balaban J connectivity index is 2.65. The molecule has 17 heavy (non-hydrogen) atoms. The van der Waals surface area contributed by atoms with E-state index in [0.29, 0.717) is 6.42 Å². The van der Waals surface area contributed by atoms with Crippen molar-refractivity contribution in [3.05, 3.63) is 42.2 Å². The van der Waals surface area contributed by atoms with Crippen molar-refractivity contribution < 1.29 is 9.84 Å². The third-order valence-corrected chi connectivity index (χ3v) is 2.23. The molecule has 0 aromatic heterocycles. The standard InChI is InChI=1S/C14H21NO2/c1-10(16)13(15)9-11-5-7-12(8-6-11)17-14(2,3)4/h5-8,13,16H,1,9,15H2,2-4H3/t13-/m0/s1. The molecule has 0 saturated heterocycles. The predicted molar refractivity (Wildman–Crippen MR) is 70.3 cm³/mol. The van der Waals surface area contributed by atoms with Crippen LogP contribution in [-0.4, -0.2) is 16.7 Å². The zero-order chi connectivity index (χ0) is 13.1. The Morgan fingerprint density at radius 3 is 2.29 bits per heavy atom. The van der Waals surface area contributed by atoms with Crippen molar-refractivity contribution >= 4 is 0 Å². The van der Waals surface area contributed by atoms with E-state index in [-0.39, 0.29) is 11.4 Å². The highest BCUT2D eigenvalue weighted by Gasteiger charge is 2.12. The Hall–Kier alpha value is -1.48. The largest absolute Gasteiger partial charge is 0.511 e. The normalized spacial score (nSPS) is 13.2. The summed E-state index contributed by atoms with van der Waals surface area (Å²) >= 11 is 0. The second-order valence-corrected chi connectivity index (χ2v) is 5.16. The molecule has 0 saturated carbocycles. The molecule has 0 radical (unpaired) electrons. The molecule has 3 nitrogen and oxygen atoms in total. The monoisotopic (exact) mass is 235 g/mol. The van der Waals surface area contributed by atoms with E-state index in [1.165, 1.54) is 0 Å². The van der Waals surface area contributed by atoms with Crippen LogP contribution in [0.15, 0.2) is 36.6 Å². The molecule has 0 fully saturated rings. The van der Waals surface area contributed by atoms with Crippen LogP contribution in [0.1, 0.15) is 26.3 Å². The third kappa shape index (κ3) is 4.91. The van der Waals surface area contributed by atoms with Crippen LogP contribution in [0, 0.1) is 0 Å². The van der Waals surface area contributed by atoms with E-state index in [2.05, 4.69) is 6.58 Å². The summed E-state index contributed by atoms with van der Waals surface area (Å²) < 4.78 is 5.71. The molecule has 3 heteroatoms. The zero-order valence-electron chi connectivity index (χ0n) is 10.7. The summed E-state index contributed by atoms with van der Waals surface area (Å²) in [5, 5.41) is 9.15. The van der Waals surface area contributed by atoms with Gasteiger partial charge in [0.05, 0.1) is 6.04 Å². The summed E-state index contributed by atoms with van der Waals surface area (Å²) in [5.74, 6) is 0.845. The first-order valence-corrected chi connectivity index (χ1v) is 5.69. The van der Waals surface area contributed by atoms with E-state index in [0.717, 1.165) is 11.3 Å². The van der Waals surface area contributed by atoms with Gasteiger partial charge in [-0.1, -0.05) is 18.7 Å². The summed E-state index contributed by atoms with van der Waals surface area (Å²) in [6.07, 6.45) is 0.575. The molecule has 0 unspecified atom stereocenters. The van der Waals surface area contributed by atoms with Gasteiger partial charge in [0.2, 0.25) is 0 Å². The molecule has 1 rings (SSSR count). The summed E-state index contributed by atoms with van der Waals surface area (Å²) in [6.45, 7) is 9.44. The number of aliphatic hydroxyl groups excluding tert-OH is 1. The maximum atomic E-state index is 9.15. The highest BCUT2D eigenvalue weighted by atomic mass is 16.5. The van der Waals surface area contributed by atoms with Crippen LogP contribution in [-0.2, 0) is 6.42 Å². The Morgan fingerprint density at radius 2 is 1.88 bits per heavy atom. The lowest BCUT2D eigenvalue weighted by atomic mass is 10.1. The highest BCUT2D eigenvalue weighted by molar-refractivity contribution is 5.28. The molecule has 1 aromatic carbocycles. The van der Waals surface area contributed by atoms with Crippen molar-refractivity contribution in [1.82, 2.24) is 0 Å². The fourth-order valence-electron chi connectivity index (χ4n) is 1.42. The van der Waals surface area contributed by atoms with Gasteiger partial charge in [0, 0.05) is 0 Å². The van der Waals surface area contributed by atoms with Crippen LogP contribution in [0.3, 0.4) is 0 Å². The Labute approximate surface area is 103 Å². The van der Waals surface area contributed by atoms with Crippen molar-refractivity contribution in [2.24, 2.45) is 5.73 Å².